The van der Waals surface area contributed by atoms with Gasteiger partial charge in [0, 0.05) is 0 Å². The number of rotatable bonds is 2. The lowest BCUT2D eigenvalue weighted by Gasteiger charge is -2.06. The van der Waals surface area contributed by atoms with Gasteiger partial charge in [0.05, 0.1) is 17.1 Å². The zero-order valence-corrected chi connectivity index (χ0v) is 10.7. The zero-order chi connectivity index (χ0) is 13.3. The van der Waals surface area contributed by atoms with Crippen molar-refractivity contribution in [2.24, 2.45) is 0 Å². The lowest BCUT2D eigenvalue weighted by atomic mass is 10.2. The summed E-state index contributed by atoms with van der Waals surface area (Å²) in [5, 5.41) is 0. The molecule has 0 radical (unpaired) electrons. The molecule has 2 aromatic rings. The summed E-state index contributed by atoms with van der Waals surface area (Å²) in [6.07, 6.45) is 0. The van der Waals surface area contributed by atoms with Crippen LogP contribution in [0.5, 0.6) is 6.01 Å². The van der Waals surface area contributed by atoms with E-state index in [4.69, 9.17) is 10.5 Å². The largest absolute Gasteiger partial charge is 0.467 e. The normalized spacial score (nSPS) is 10.4. The van der Waals surface area contributed by atoms with Crippen LogP contribution in [0, 0.1) is 11.6 Å². The molecule has 18 heavy (non-hydrogen) atoms. The highest BCUT2D eigenvalue weighted by Crippen LogP contribution is 2.29. The number of benzene rings is 1. The van der Waals surface area contributed by atoms with E-state index in [-0.39, 0.29) is 22.3 Å². The molecule has 1 aromatic carbocycles. The Morgan fingerprint density at radius 3 is 2.61 bits per heavy atom. The average molecular weight is 317 g/mol. The first-order valence-electron chi connectivity index (χ1n) is 4.72. The molecule has 0 bridgehead atoms. The Hall–Kier alpha value is -1.83. The molecular formula is C10H7BrF2N4O. The molecule has 0 atom stereocenters. The number of hydrogen-bond acceptors (Lipinski definition) is 5. The lowest BCUT2D eigenvalue weighted by Crippen LogP contribution is -2.04. The molecule has 0 saturated carbocycles. The zero-order valence-electron chi connectivity index (χ0n) is 9.12. The number of aromatic nitrogens is 3. The van der Waals surface area contributed by atoms with Gasteiger partial charge in [-0.25, -0.2) is 8.78 Å². The second-order valence-electron chi connectivity index (χ2n) is 3.22. The van der Waals surface area contributed by atoms with Gasteiger partial charge in [-0.2, -0.15) is 15.0 Å². The molecule has 5 nitrogen and oxygen atoms in total. The first kappa shape index (κ1) is 12.6. The smallest absolute Gasteiger partial charge is 0.321 e. The van der Waals surface area contributed by atoms with Crippen molar-refractivity contribution in [3.05, 3.63) is 28.2 Å². The number of anilines is 1. The number of nitrogens with zero attached hydrogens (tertiary/aromatic N) is 3. The maximum atomic E-state index is 13.8. The van der Waals surface area contributed by atoms with Gasteiger partial charge < -0.3 is 10.5 Å². The van der Waals surface area contributed by atoms with Crippen LogP contribution in [0.2, 0.25) is 0 Å². The van der Waals surface area contributed by atoms with E-state index in [2.05, 4.69) is 30.9 Å². The Morgan fingerprint density at radius 2 is 1.94 bits per heavy atom. The van der Waals surface area contributed by atoms with Crippen molar-refractivity contribution in [2.75, 3.05) is 12.8 Å². The molecule has 0 aliphatic heterocycles. The topological polar surface area (TPSA) is 73.9 Å². The third kappa shape index (κ3) is 2.23. The number of hydrogen-bond donors (Lipinski definition) is 1. The maximum absolute atomic E-state index is 13.8. The van der Waals surface area contributed by atoms with Gasteiger partial charge in [0.1, 0.15) is 5.82 Å². The van der Waals surface area contributed by atoms with E-state index in [9.17, 15) is 8.78 Å². The number of nitrogen functional groups attached to an aromatic ring is 1. The first-order chi connectivity index (χ1) is 8.52. The van der Waals surface area contributed by atoms with Crippen molar-refractivity contribution >= 4 is 21.9 Å². The lowest BCUT2D eigenvalue weighted by molar-refractivity contribution is 0.379. The van der Waals surface area contributed by atoms with Gasteiger partial charge in [0.2, 0.25) is 5.95 Å². The molecule has 8 heteroatoms. The van der Waals surface area contributed by atoms with E-state index in [0.29, 0.717) is 0 Å². The molecule has 2 rings (SSSR count). The summed E-state index contributed by atoms with van der Waals surface area (Å²) in [5.74, 6) is -2.03. The Kier molecular flexibility index (Phi) is 3.37. The Bertz CT molecular complexity index is 609. The fraction of sp³-hybridized carbons (Fsp3) is 0.100. The third-order valence-electron chi connectivity index (χ3n) is 2.08. The molecule has 94 valence electrons. The highest BCUT2D eigenvalue weighted by atomic mass is 79.9. The third-order valence-corrected chi connectivity index (χ3v) is 2.69. The molecule has 0 saturated heterocycles. The molecule has 0 spiro atoms. The van der Waals surface area contributed by atoms with Crippen LogP contribution in [0.3, 0.4) is 0 Å². The summed E-state index contributed by atoms with van der Waals surface area (Å²) in [6.45, 7) is 0. The van der Waals surface area contributed by atoms with Crippen LogP contribution in [0.1, 0.15) is 0 Å². The van der Waals surface area contributed by atoms with E-state index in [1.54, 1.807) is 0 Å². The van der Waals surface area contributed by atoms with Crippen LogP contribution in [-0.4, -0.2) is 22.1 Å². The number of ether oxygens (including phenoxy) is 1. The molecule has 0 fully saturated rings. The van der Waals surface area contributed by atoms with Gasteiger partial charge in [0.15, 0.2) is 11.6 Å². The maximum Gasteiger partial charge on any atom is 0.321 e. The summed E-state index contributed by atoms with van der Waals surface area (Å²) in [6, 6.07) is 2.22. The van der Waals surface area contributed by atoms with Crippen LogP contribution >= 0.6 is 15.9 Å². The number of nitrogens with two attached hydrogens (primary N) is 1. The Balaban J connectivity index is 2.69. The van der Waals surface area contributed by atoms with Gasteiger partial charge in [0.25, 0.3) is 0 Å². The summed E-state index contributed by atoms with van der Waals surface area (Å²) in [5.41, 5.74) is 5.02. The van der Waals surface area contributed by atoms with Gasteiger partial charge >= 0.3 is 6.01 Å². The molecule has 0 aliphatic rings. The first-order valence-corrected chi connectivity index (χ1v) is 5.51. The molecular weight excluding hydrogens is 310 g/mol. The fourth-order valence-corrected chi connectivity index (χ4v) is 1.64. The minimum absolute atomic E-state index is 0.0943. The standard InChI is InChI=1S/C10H7BrF2N4O/c1-18-10-16-8(15-9(14)17-10)6-5(12)3-2-4(11)7(6)13/h2-3H,1H3,(H2,14,15,16,17). The van der Waals surface area contributed by atoms with Crippen LogP contribution in [0.25, 0.3) is 11.4 Å². The quantitative estimate of drug-likeness (QED) is 0.859. The Labute approximate surface area is 109 Å². The second-order valence-corrected chi connectivity index (χ2v) is 4.08. The van der Waals surface area contributed by atoms with Crippen molar-refractivity contribution < 1.29 is 13.5 Å². The summed E-state index contributed by atoms with van der Waals surface area (Å²) in [4.78, 5) is 11.1. The summed E-state index contributed by atoms with van der Waals surface area (Å²) < 4.78 is 32.3. The van der Waals surface area contributed by atoms with E-state index >= 15 is 0 Å². The minimum Gasteiger partial charge on any atom is -0.467 e. The van der Waals surface area contributed by atoms with Crippen LogP contribution in [0.4, 0.5) is 14.7 Å². The Morgan fingerprint density at radius 1 is 1.22 bits per heavy atom. The monoisotopic (exact) mass is 316 g/mol. The predicted molar refractivity (Wildman–Crippen MR) is 63.8 cm³/mol. The van der Waals surface area contributed by atoms with Gasteiger partial charge in [-0.05, 0) is 28.1 Å². The predicted octanol–water partition coefficient (Wildman–Crippen LogP) is 2.17. The number of methoxy groups -OCH3 is 1. The average Bonchev–Trinajstić information content (AvgIpc) is 2.34. The molecule has 0 aliphatic carbocycles. The van der Waals surface area contributed by atoms with E-state index in [0.717, 1.165) is 6.07 Å². The minimum atomic E-state index is -0.817. The molecule has 2 N–H and O–H groups in total. The van der Waals surface area contributed by atoms with E-state index in [1.807, 2.05) is 0 Å². The molecule has 1 heterocycles. The van der Waals surface area contributed by atoms with Crippen LogP contribution in [-0.2, 0) is 0 Å². The van der Waals surface area contributed by atoms with Crippen molar-refractivity contribution in [3.63, 3.8) is 0 Å². The number of halogens is 3. The summed E-state index contributed by atoms with van der Waals surface area (Å²) >= 11 is 2.96. The van der Waals surface area contributed by atoms with Gasteiger partial charge in [-0.1, -0.05) is 0 Å². The summed E-state index contributed by atoms with van der Waals surface area (Å²) in [7, 11) is 1.31. The second kappa shape index (κ2) is 4.81. The SMILES string of the molecule is COc1nc(N)nc(-c2c(F)ccc(Br)c2F)n1. The highest BCUT2D eigenvalue weighted by molar-refractivity contribution is 9.10. The molecule has 0 unspecified atom stereocenters. The van der Waals surface area contributed by atoms with Crippen LogP contribution in [0.15, 0.2) is 16.6 Å². The van der Waals surface area contributed by atoms with Crippen molar-refractivity contribution in [3.8, 4) is 17.4 Å². The van der Waals surface area contributed by atoms with E-state index in [1.165, 1.54) is 13.2 Å². The molecule has 0 amide bonds. The van der Waals surface area contributed by atoms with Crippen molar-refractivity contribution in [1.82, 2.24) is 15.0 Å². The van der Waals surface area contributed by atoms with Crippen LogP contribution < -0.4 is 10.5 Å². The molecule has 1 aromatic heterocycles. The van der Waals surface area contributed by atoms with Gasteiger partial charge in [-0.15, -0.1) is 0 Å². The van der Waals surface area contributed by atoms with Gasteiger partial charge in [-0.3, -0.25) is 0 Å². The van der Waals surface area contributed by atoms with Crippen molar-refractivity contribution in [2.45, 2.75) is 0 Å². The van der Waals surface area contributed by atoms with E-state index < -0.39 is 17.2 Å². The van der Waals surface area contributed by atoms with Crippen molar-refractivity contribution in [1.29, 1.82) is 0 Å². The fourth-order valence-electron chi connectivity index (χ4n) is 1.31. The highest BCUT2D eigenvalue weighted by Gasteiger charge is 2.18.